The molecule has 2 aliphatic heterocycles. The fourth-order valence-electron chi connectivity index (χ4n) is 3.90. The molecule has 2 heterocycles. The van der Waals surface area contributed by atoms with Crippen molar-refractivity contribution in [3.8, 4) is 17.2 Å². The number of carbonyl (C=O) groups is 1. The van der Waals surface area contributed by atoms with Gasteiger partial charge in [0.15, 0.2) is 11.5 Å². The number of piperazine rings is 1. The van der Waals surface area contributed by atoms with Crippen LogP contribution in [0.1, 0.15) is 18.4 Å². The number of hydrogen-bond donors (Lipinski definition) is 1. The molecule has 156 valence electrons. The lowest BCUT2D eigenvalue weighted by atomic mass is 9.89. The second kappa shape index (κ2) is 8.98. The molecule has 0 aromatic heterocycles. The fraction of sp³-hybridized carbons (Fsp3) is 0.650. The summed E-state index contributed by atoms with van der Waals surface area (Å²) in [5.74, 6) is 1.98. The van der Waals surface area contributed by atoms with E-state index in [1.54, 1.807) is 21.3 Å². The largest absolute Gasteiger partial charge is 0.493 e. The molecule has 0 aliphatic carbocycles. The Kier molecular flexibility index (Phi) is 6.64. The zero-order chi connectivity index (χ0) is 20.1. The first-order chi connectivity index (χ1) is 13.5. The standard InChI is InChI=1S/C20H31N3O5/c1-25-16-5-4-15(17(26-2)18(16)27-3)14-22-8-10-23(11-9-22)19(24)20(21)6-12-28-13-7-20/h4-5H,6-14,21H2,1-3H3. The number of benzene rings is 1. The van der Waals surface area contributed by atoms with Crippen molar-refractivity contribution in [2.75, 3.05) is 60.7 Å². The monoisotopic (exact) mass is 393 g/mol. The maximum absolute atomic E-state index is 12.9. The number of nitrogens with two attached hydrogens (primary N) is 1. The Balaban J connectivity index is 1.62. The fourth-order valence-corrected chi connectivity index (χ4v) is 3.90. The summed E-state index contributed by atoms with van der Waals surface area (Å²) in [6, 6.07) is 3.88. The minimum Gasteiger partial charge on any atom is -0.493 e. The molecule has 0 saturated carbocycles. The van der Waals surface area contributed by atoms with Gasteiger partial charge in [0, 0.05) is 51.5 Å². The summed E-state index contributed by atoms with van der Waals surface area (Å²) < 4.78 is 21.7. The summed E-state index contributed by atoms with van der Waals surface area (Å²) in [4.78, 5) is 17.1. The van der Waals surface area contributed by atoms with Gasteiger partial charge in [-0.2, -0.15) is 0 Å². The lowest BCUT2D eigenvalue weighted by Gasteiger charge is -2.41. The second-order valence-electron chi connectivity index (χ2n) is 7.33. The molecule has 1 aromatic rings. The number of ether oxygens (including phenoxy) is 4. The van der Waals surface area contributed by atoms with Crippen LogP contribution in [0.25, 0.3) is 0 Å². The van der Waals surface area contributed by atoms with Gasteiger partial charge in [-0.1, -0.05) is 6.07 Å². The Labute approximate surface area is 166 Å². The molecule has 2 aliphatic rings. The molecule has 28 heavy (non-hydrogen) atoms. The molecule has 0 atom stereocenters. The first-order valence-electron chi connectivity index (χ1n) is 9.68. The Hall–Kier alpha value is -2.03. The SMILES string of the molecule is COc1ccc(CN2CCN(C(=O)C3(N)CCOCC3)CC2)c(OC)c1OC. The average Bonchev–Trinajstić information content (AvgIpc) is 2.73. The topological polar surface area (TPSA) is 86.5 Å². The molecule has 8 heteroatoms. The van der Waals surface area contributed by atoms with Crippen LogP contribution >= 0.6 is 0 Å². The van der Waals surface area contributed by atoms with Gasteiger partial charge in [0.25, 0.3) is 0 Å². The highest BCUT2D eigenvalue weighted by atomic mass is 16.5. The van der Waals surface area contributed by atoms with Crippen LogP contribution in [0.4, 0.5) is 0 Å². The van der Waals surface area contributed by atoms with Gasteiger partial charge >= 0.3 is 0 Å². The van der Waals surface area contributed by atoms with Gasteiger partial charge < -0.3 is 29.6 Å². The molecule has 0 bridgehead atoms. The number of methoxy groups -OCH3 is 3. The van der Waals surface area contributed by atoms with Crippen molar-refractivity contribution in [3.05, 3.63) is 17.7 Å². The van der Waals surface area contributed by atoms with Crippen LogP contribution in [0.2, 0.25) is 0 Å². The van der Waals surface area contributed by atoms with Gasteiger partial charge in [0.1, 0.15) is 0 Å². The predicted octanol–water partition coefficient (Wildman–Crippen LogP) is 0.865. The van der Waals surface area contributed by atoms with Gasteiger partial charge in [-0.25, -0.2) is 0 Å². The molecule has 8 nitrogen and oxygen atoms in total. The Morgan fingerprint density at radius 2 is 1.68 bits per heavy atom. The van der Waals surface area contributed by atoms with Gasteiger partial charge in [0.05, 0.1) is 26.9 Å². The zero-order valence-electron chi connectivity index (χ0n) is 17.0. The third kappa shape index (κ3) is 4.19. The van der Waals surface area contributed by atoms with E-state index in [4.69, 9.17) is 24.7 Å². The van der Waals surface area contributed by atoms with Crippen LogP contribution in [-0.2, 0) is 16.1 Å². The van der Waals surface area contributed by atoms with Crippen molar-refractivity contribution in [3.63, 3.8) is 0 Å². The minimum atomic E-state index is -0.771. The number of hydrogen-bond acceptors (Lipinski definition) is 7. The van der Waals surface area contributed by atoms with Crippen molar-refractivity contribution >= 4 is 5.91 Å². The predicted molar refractivity (Wildman–Crippen MR) is 105 cm³/mol. The zero-order valence-corrected chi connectivity index (χ0v) is 17.0. The van der Waals surface area contributed by atoms with E-state index < -0.39 is 5.54 Å². The highest BCUT2D eigenvalue weighted by Gasteiger charge is 2.39. The van der Waals surface area contributed by atoms with Gasteiger partial charge in [-0.3, -0.25) is 9.69 Å². The van der Waals surface area contributed by atoms with Crippen molar-refractivity contribution < 1.29 is 23.7 Å². The highest BCUT2D eigenvalue weighted by molar-refractivity contribution is 5.86. The molecular formula is C20H31N3O5. The number of amides is 1. The van der Waals surface area contributed by atoms with E-state index in [1.807, 2.05) is 17.0 Å². The van der Waals surface area contributed by atoms with Crippen molar-refractivity contribution in [2.45, 2.75) is 24.9 Å². The van der Waals surface area contributed by atoms with E-state index in [0.717, 1.165) is 18.7 Å². The molecule has 0 unspecified atom stereocenters. The first-order valence-corrected chi connectivity index (χ1v) is 9.68. The van der Waals surface area contributed by atoms with E-state index in [2.05, 4.69) is 4.90 Å². The molecular weight excluding hydrogens is 362 g/mol. The van der Waals surface area contributed by atoms with Gasteiger partial charge in [-0.05, 0) is 18.9 Å². The van der Waals surface area contributed by atoms with E-state index in [0.29, 0.717) is 62.9 Å². The average molecular weight is 393 g/mol. The summed E-state index contributed by atoms with van der Waals surface area (Å²) in [6.07, 6.45) is 1.18. The van der Waals surface area contributed by atoms with Crippen LogP contribution in [0.5, 0.6) is 17.2 Å². The van der Waals surface area contributed by atoms with Crippen LogP contribution < -0.4 is 19.9 Å². The molecule has 3 rings (SSSR count). The smallest absolute Gasteiger partial charge is 0.242 e. The van der Waals surface area contributed by atoms with E-state index >= 15 is 0 Å². The molecule has 2 N–H and O–H groups in total. The maximum Gasteiger partial charge on any atom is 0.242 e. The summed E-state index contributed by atoms with van der Waals surface area (Å²) >= 11 is 0. The highest BCUT2D eigenvalue weighted by Crippen LogP contribution is 2.40. The Morgan fingerprint density at radius 1 is 1.04 bits per heavy atom. The van der Waals surface area contributed by atoms with Gasteiger partial charge in [-0.15, -0.1) is 0 Å². The molecule has 2 saturated heterocycles. The molecule has 0 spiro atoms. The quantitative estimate of drug-likeness (QED) is 0.767. The van der Waals surface area contributed by atoms with Crippen molar-refractivity contribution in [2.24, 2.45) is 5.73 Å². The van der Waals surface area contributed by atoms with Crippen LogP contribution in [-0.4, -0.2) is 82.0 Å². The first kappa shape index (κ1) is 20.7. The van der Waals surface area contributed by atoms with E-state index in [-0.39, 0.29) is 5.91 Å². The number of rotatable bonds is 6. The molecule has 2 fully saturated rings. The van der Waals surface area contributed by atoms with E-state index in [9.17, 15) is 4.79 Å². The summed E-state index contributed by atoms with van der Waals surface area (Å²) in [6.45, 7) is 4.75. The third-order valence-corrected chi connectivity index (χ3v) is 5.65. The number of carbonyl (C=O) groups excluding carboxylic acids is 1. The van der Waals surface area contributed by atoms with Crippen LogP contribution in [0, 0.1) is 0 Å². The van der Waals surface area contributed by atoms with Crippen molar-refractivity contribution in [1.29, 1.82) is 0 Å². The summed E-state index contributed by atoms with van der Waals surface area (Å²) in [5.41, 5.74) is 6.62. The van der Waals surface area contributed by atoms with Crippen LogP contribution in [0.3, 0.4) is 0 Å². The normalized spacial score (nSPS) is 19.9. The van der Waals surface area contributed by atoms with Gasteiger partial charge in [0.2, 0.25) is 11.7 Å². The summed E-state index contributed by atoms with van der Waals surface area (Å²) in [5, 5.41) is 0. The minimum absolute atomic E-state index is 0.0548. The maximum atomic E-state index is 12.9. The second-order valence-corrected chi connectivity index (χ2v) is 7.33. The van der Waals surface area contributed by atoms with Crippen LogP contribution in [0.15, 0.2) is 12.1 Å². The lowest BCUT2D eigenvalue weighted by molar-refractivity contribution is -0.142. The Bertz CT molecular complexity index is 683. The lowest BCUT2D eigenvalue weighted by Crippen LogP contribution is -2.61. The molecule has 1 aromatic carbocycles. The third-order valence-electron chi connectivity index (χ3n) is 5.65. The van der Waals surface area contributed by atoms with Crippen molar-refractivity contribution in [1.82, 2.24) is 9.80 Å². The Morgan fingerprint density at radius 3 is 2.25 bits per heavy atom. The molecule has 1 amide bonds. The number of nitrogens with zero attached hydrogens (tertiary/aromatic N) is 2. The summed E-state index contributed by atoms with van der Waals surface area (Å²) in [7, 11) is 4.84. The van der Waals surface area contributed by atoms with E-state index in [1.165, 1.54) is 0 Å². The molecule has 0 radical (unpaired) electrons.